The van der Waals surface area contributed by atoms with Crippen molar-refractivity contribution in [1.29, 1.82) is 0 Å². The van der Waals surface area contributed by atoms with Crippen LogP contribution in [0.15, 0.2) is 18.2 Å². The van der Waals surface area contributed by atoms with Gasteiger partial charge in [-0.25, -0.2) is 9.18 Å². The van der Waals surface area contributed by atoms with Crippen molar-refractivity contribution in [3.8, 4) is 0 Å². The number of aliphatic carboxylic acids is 1. The van der Waals surface area contributed by atoms with Crippen LogP contribution >= 0.6 is 0 Å². The van der Waals surface area contributed by atoms with Gasteiger partial charge in [0, 0.05) is 12.0 Å². The van der Waals surface area contributed by atoms with E-state index < -0.39 is 29.6 Å². The van der Waals surface area contributed by atoms with E-state index in [1.165, 1.54) is 12.1 Å². The zero-order valence-electron chi connectivity index (χ0n) is 10.9. The fourth-order valence-corrected chi connectivity index (χ4v) is 1.62. The van der Waals surface area contributed by atoms with E-state index in [9.17, 15) is 18.8 Å². The average Bonchev–Trinajstić information content (AvgIpc) is 2.36. The van der Waals surface area contributed by atoms with Gasteiger partial charge in [0.2, 0.25) is 5.91 Å². The SMILES string of the molecule is Cc1ccc(F)cc1C(=O)N[C@@H](CCC(N)=O)C(=O)O. The number of carboxylic acids is 1. The maximum Gasteiger partial charge on any atom is 0.326 e. The van der Waals surface area contributed by atoms with E-state index in [-0.39, 0.29) is 18.4 Å². The quantitative estimate of drug-likeness (QED) is 0.709. The third-order valence-corrected chi connectivity index (χ3v) is 2.73. The Bertz CT molecular complexity index is 545. The van der Waals surface area contributed by atoms with E-state index in [0.717, 1.165) is 6.07 Å². The van der Waals surface area contributed by atoms with Crippen LogP contribution in [-0.2, 0) is 9.59 Å². The first-order valence-electron chi connectivity index (χ1n) is 5.89. The van der Waals surface area contributed by atoms with Gasteiger partial charge < -0.3 is 16.2 Å². The molecule has 0 aliphatic heterocycles. The molecule has 0 spiro atoms. The lowest BCUT2D eigenvalue weighted by Gasteiger charge is -2.14. The van der Waals surface area contributed by atoms with Gasteiger partial charge in [0.05, 0.1) is 0 Å². The number of nitrogens with one attached hydrogen (secondary N) is 1. The zero-order valence-corrected chi connectivity index (χ0v) is 10.9. The topological polar surface area (TPSA) is 109 Å². The van der Waals surface area contributed by atoms with E-state index in [2.05, 4.69) is 5.32 Å². The first-order valence-corrected chi connectivity index (χ1v) is 5.89. The molecule has 0 bridgehead atoms. The van der Waals surface area contributed by atoms with Crippen LogP contribution in [0.3, 0.4) is 0 Å². The summed E-state index contributed by atoms with van der Waals surface area (Å²) in [6.45, 7) is 1.60. The number of hydrogen-bond donors (Lipinski definition) is 3. The number of aryl methyl sites for hydroxylation is 1. The van der Waals surface area contributed by atoms with Gasteiger partial charge >= 0.3 is 5.97 Å². The zero-order chi connectivity index (χ0) is 15.3. The minimum atomic E-state index is -1.28. The van der Waals surface area contributed by atoms with Gasteiger partial charge in [-0.1, -0.05) is 6.07 Å². The summed E-state index contributed by atoms with van der Waals surface area (Å²) in [5.41, 5.74) is 5.50. The molecule has 0 heterocycles. The van der Waals surface area contributed by atoms with E-state index in [1.54, 1.807) is 6.92 Å². The van der Waals surface area contributed by atoms with Crippen LogP contribution in [0.5, 0.6) is 0 Å². The largest absolute Gasteiger partial charge is 0.480 e. The summed E-state index contributed by atoms with van der Waals surface area (Å²) in [5.74, 6) is -3.25. The van der Waals surface area contributed by atoms with Crippen molar-refractivity contribution in [3.05, 3.63) is 35.1 Å². The second-order valence-electron chi connectivity index (χ2n) is 4.33. The van der Waals surface area contributed by atoms with Gasteiger partial charge in [-0.3, -0.25) is 9.59 Å². The van der Waals surface area contributed by atoms with Gasteiger partial charge in [0.25, 0.3) is 5.91 Å². The van der Waals surface area contributed by atoms with Crippen molar-refractivity contribution >= 4 is 17.8 Å². The van der Waals surface area contributed by atoms with Gasteiger partial charge in [0.1, 0.15) is 11.9 Å². The number of carboxylic acid groups (broad SMARTS) is 1. The molecule has 0 unspecified atom stereocenters. The second-order valence-corrected chi connectivity index (χ2v) is 4.33. The predicted molar refractivity (Wildman–Crippen MR) is 68.5 cm³/mol. The summed E-state index contributed by atoms with van der Waals surface area (Å²) in [4.78, 5) is 33.6. The Hall–Kier alpha value is -2.44. The molecular weight excluding hydrogens is 267 g/mol. The highest BCUT2D eigenvalue weighted by atomic mass is 19.1. The Morgan fingerprint density at radius 3 is 2.60 bits per heavy atom. The fraction of sp³-hybridized carbons (Fsp3) is 0.308. The maximum atomic E-state index is 13.1. The van der Waals surface area contributed by atoms with E-state index in [1.807, 2.05) is 0 Å². The van der Waals surface area contributed by atoms with E-state index in [4.69, 9.17) is 10.8 Å². The van der Waals surface area contributed by atoms with Crippen molar-refractivity contribution < 1.29 is 23.9 Å². The molecule has 2 amide bonds. The first kappa shape index (κ1) is 15.6. The molecule has 7 heteroatoms. The van der Waals surface area contributed by atoms with Crippen LogP contribution in [0.4, 0.5) is 4.39 Å². The molecule has 1 aromatic carbocycles. The molecule has 1 rings (SSSR count). The van der Waals surface area contributed by atoms with Crippen LogP contribution in [0.1, 0.15) is 28.8 Å². The molecular formula is C13H15FN2O4. The molecule has 0 radical (unpaired) electrons. The van der Waals surface area contributed by atoms with Crippen LogP contribution < -0.4 is 11.1 Å². The lowest BCUT2D eigenvalue weighted by atomic mass is 10.1. The van der Waals surface area contributed by atoms with Crippen LogP contribution in [-0.4, -0.2) is 28.9 Å². The fourth-order valence-electron chi connectivity index (χ4n) is 1.62. The van der Waals surface area contributed by atoms with Gasteiger partial charge in [-0.05, 0) is 31.0 Å². The number of hydrogen-bond acceptors (Lipinski definition) is 3. The van der Waals surface area contributed by atoms with Crippen molar-refractivity contribution in [1.82, 2.24) is 5.32 Å². The Kier molecular flexibility index (Phi) is 5.19. The van der Waals surface area contributed by atoms with Gasteiger partial charge in [0.15, 0.2) is 0 Å². The van der Waals surface area contributed by atoms with Gasteiger partial charge in [-0.2, -0.15) is 0 Å². The summed E-state index contributed by atoms with van der Waals surface area (Å²) in [6.07, 6.45) is -0.288. The number of carbonyl (C=O) groups is 3. The number of benzene rings is 1. The Morgan fingerprint density at radius 1 is 1.40 bits per heavy atom. The van der Waals surface area contributed by atoms with Crippen LogP contribution in [0, 0.1) is 12.7 Å². The molecule has 0 saturated heterocycles. The standard InChI is InChI=1S/C13H15FN2O4/c1-7-2-3-8(14)6-9(7)12(18)16-10(13(19)20)4-5-11(15)17/h2-3,6,10H,4-5H2,1H3,(H2,15,17)(H,16,18)(H,19,20)/t10-/m0/s1. The van der Waals surface area contributed by atoms with E-state index in [0.29, 0.717) is 5.56 Å². The molecule has 1 aromatic rings. The molecule has 0 fully saturated rings. The molecule has 108 valence electrons. The number of carbonyl (C=O) groups excluding carboxylic acids is 2. The molecule has 0 aromatic heterocycles. The number of rotatable bonds is 6. The normalized spacial score (nSPS) is 11.7. The molecule has 0 aliphatic carbocycles. The highest BCUT2D eigenvalue weighted by Crippen LogP contribution is 2.11. The summed E-state index contributed by atoms with van der Waals surface area (Å²) < 4.78 is 13.1. The molecule has 4 N–H and O–H groups in total. The predicted octanol–water partition coefficient (Wildman–Crippen LogP) is 0.583. The summed E-state index contributed by atoms with van der Waals surface area (Å²) in [5, 5.41) is 11.2. The lowest BCUT2D eigenvalue weighted by molar-refractivity contribution is -0.139. The third kappa shape index (κ3) is 4.34. The minimum Gasteiger partial charge on any atom is -0.480 e. The average molecular weight is 282 g/mol. The smallest absolute Gasteiger partial charge is 0.326 e. The van der Waals surface area contributed by atoms with Crippen molar-refractivity contribution in [2.75, 3.05) is 0 Å². The highest BCUT2D eigenvalue weighted by Gasteiger charge is 2.22. The van der Waals surface area contributed by atoms with Gasteiger partial charge in [-0.15, -0.1) is 0 Å². The lowest BCUT2D eigenvalue weighted by Crippen LogP contribution is -2.41. The molecule has 20 heavy (non-hydrogen) atoms. The number of halogens is 1. The number of primary amides is 1. The van der Waals surface area contributed by atoms with Crippen molar-refractivity contribution in [3.63, 3.8) is 0 Å². The van der Waals surface area contributed by atoms with E-state index >= 15 is 0 Å². The summed E-state index contributed by atoms with van der Waals surface area (Å²) in [6, 6.07) is 2.40. The second kappa shape index (κ2) is 6.65. The molecule has 0 aliphatic rings. The Labute approximate surface area is 114 Å². The van der Waals surface area contributed by atoms with Crippen molar-refractivity contribution in [2.45, 2.75) is 25.8 Å². The molecule has 6 nitrogen and oxygen atoms in total. The Balaban J connectivity index is 2.82. The third-order valence-electron chi connectivity index (χ3n) is 2.73. The number of amides is 2. The monoisotopic (exact) mass is 282 g/mol. The van der Waals surface area contributed by atoms with Crippen LogP contribution in [0.2, 0.25) is 0 Å². The number of nitrogens with two attached hydrogens (primary N) is 1. The Morgan fingerprint density at radius 2 is 2.05 bits per heavy atom. The van der Waals surface area contributed by atoms with Crippen LogP contribution in [0.25, 0.3) is 0 Å². The maximum absolute atomic E-state index is 13.1. The summed E-state index contributed by atoms with van der Waals surface area (Å²) >= 11 is 0. The minimum absolute atomic E-state index is 0.0512. The summed E-state index contributed by atoms with van der Waals surface area (Å²) in [7, 11) is 0. The molecule has 1 atom stereocenters. The molecule has 0 saturated carbocycles. The van der Waals surface area contributed by atoms with Crippen molar-refractivity contribution in [2.24, 2.45) is 5.73 Å². The first-order chi connectivity index (χ1) is 9.31. The highest BCUT2D eigenvalue weighted by molar-refractivity contribution is 5.97.